The van der Waals surface area contributed by atoms with Crippen LogP contribution in [0.1, 0.15) is 18.4 Å². The number of anilines is 1. The summed E-state index contributed by atoms with van der Waals surface area (Å²) in [6, 6.07) is 11.0. The minimum atomic E-state index is 0.0307. The molecule has 0 N–H and O–H groups in total. The van der Waals surface area contributed by atoms with Crippen LogP contribution in [0.4, 0.5) is 5.69 Å². The highest BCUT2D eigenvalue weighted by atomic mass is 35.5. The molecule has 3 aromatic rings. The third kappa shape index (κ3) is 3.82. The molecule has 6 heteroatoms. The molecule has 1 radical (unpaired) electrons. The number of rotatable bonds is 3. The van der Waals surface area contributed by atoms with Crippen molar-refractivity contribution in [1.82, 2.24) is 4.98 Å². The second kappa shape index (κ2) is 7.75. The lowest BCUT2D eigenvalue weighted by atomic mass is 9.90. The molecule has 0 unspecified atom stereocenters. The van der Waals surface area contributed by atoms with E-state index >= 15 is 0 Å². The summed E-state index contributed by atoms with van der Waals surface area (Å²) in [5, 5.41) is 14.5. The summed E-state index contributed by atoms with van der Waals surface area (Å²) in [6.45, 7) is 1.82. The van der Waals surface area contributed by atoms with Crippen molar-refractivity contribution in [3.05, 3.63) is 63.2 Å². The topological polar surface area (TPSA) is 36.0 Å². The lowest BCUT2D eigenvalue weighted by Crippen LogP contribution is -2.34. The van der Waals surface area contributed by atoms with Gasteiger partial charge in [0.25, 0.3) is 0 Å². The number of nitrogens with zero attached hydrogens (tertiary/aromatic N) is 2. The van der Waals surface area contributed by atoms with E-state index in [1.54, 1.807) is 18.3 Å². The first kappa shape index (κ1) is 18.7. The molecule has 0 amide bonds. The van der Waals surface area contributed by atoms with Gasteiger partial charge in [-0.1, -0.05) is 40.9 Å². The molecule has 0 spiro atoms. The zero-order chi connectivity index (χ0) is 19.0. The molecule has 27 heavy (non-hydrogen) atoms. The van der Waals surface area contributed by atoms with Gasteiger partial charge in [0.05, 0.1) is 31.7 Å². The molecule has 2 aromatic carbocycles. The van der Waals surface area contributed by atoms with Crippen LogP contribution in [0, 0.1) is 5.92 Å². The maximum atomic E-state index is 12.3. The van der Waals surface area contributed by atoms with Gasteiger partial charge in [-0.3, -0.25) is 10.1 Å². The molecule has 0 atom stereocenters. The Morgan fingerprint density at radius 1 is 1.04 bits per heavy atom. The molecule has 0 aliphatic carbocycles. The third-order valence-corrected chi connectivity index (χ3v) is 6.43. The van der Waals surface area contributed by atoms with E-state index < -0.39 is 0 Å². The number of fused-ring (bicyclic) bond motifs is 1. The highest BCUT2D eigenvalue weighted by Gasteiger charge is 2.22. The molecule has 4 rings (SSSR count). The van der Waals surface area contributed by atoms with E-state index in [9.17, 15) is 5.11 Å². The largest absolute Gasteiger partial charge is 0.371 e. The van der Waals surface area contributed by atoms with E-state index in [1.165, 1.54) is 0 Å². The van der Waals surface area contributed by atoms with Gasteiger partial charge in [-0.2, -0.15) is 0 Å². The molecule has 0 saturated carbocycles. The zero-order valence-electron chi connectivity index (χ0n) is 14.6. The maximum absolute atomic E-state index is 12.3. The minimum Gasteiger partial charge on any atom is -0.371 e. The summed E-state index contributed by atoms with van der Waals surface area (Å²) < 4.78 is 0. The quantitative estimate of drug-likeness (QED) is 0.437. The summed E-state index contributed by atoms with van der Waals surface area (Å²) in [4.78, 5) is 6.62. The summed E-state index contributed by atoms with van der Waals surface area (Å²) >= 11 is 18.3. The normalized spacial score (nSPS) is 15.4. The summed E-state index contributed by atoms with van der Waals surface area (Å²) in [5.74, 6) is 0.581. The van der Waals surface area contributed by atoms with E-state index in [0.717, 1.165) is 54.5 Å². The Bertz CT molecular complexity index is 956. The van der Waals surface area contributed by atoms with E-state index in [0.29, 0.717) is 21.0 Å². The molecule has 1 aliphatic heterocycles. The van der Waals surface area contributed by atoms with Crippen molar-refractivity contribution in [3.8, 4) is 5.75 Å². The SMILES string of the molecule is [O]c1cccc2nccc(N3CCC(Cc4cc(Cl)c(Cl)c(Cl)c4)CC3)c12. The maximum Gasteiger partial charge on any atom is 0.190 e. The minimum absolute atomic E-state index is 0.0307. The number of piperidine rings is 1. The Balaban J connectivity index is 1.49. The second-order valence-electron chi connectivity index (χ2n) is 6.99. The number of hydrogen-bond acceptors (Lipinski definition) is 2. The first-order valence-corrected chi connectivity index (χ1v) is 10.1. The van der Waals surface area contributed by atoms with Crippen LogP contribution in [0.15, 0.2) is 42.6 Å². The molecule has 1 fully saturated rings. The molecule has 1 saturated heterocycles. The van der Waals surface area contributed by atoms with Crippen LogP contribution >= 0.6 is 34.8 Å². The van der Waals surface area contributed by atoms with Crippen LogP contribution in [0.25, 0.3) is 10.9 Å². The Hall–Kier alpha value is -1.68. The summed E-state index contributed by atoms with van der Waals surface area (Å²) in [7, 11) is 0. The van der Waals surface area contributed by atoms with Crippen molar-refractivity contribution in [2.24, 2.45) is 5.92 Å². The van der Waals surface area contributed by atoms with E-state index in [4.69, 9.17) is 34.8 Å². The average molecular weight is 421 g/mol. The summed E-state index contributed by atoms with van der Waals surface area (Å²) in [6.07, 6.45) is 4.79. The smallest absolute Gasteiger partial charge is 0.190 e. The molecule has 1 aromatic heterocycles. The fourth-order valence-electron chi connectivity index (χ4n) is 3.86. The molecule has 2 heterocycles. The fourth-order valence-corrected chi connectivity index (χ4v) is 4.50. The van der Waals surface area contributed by atoms with Gasteiger partial charge < -0.3 is 4.90 Å². The molecule has 3 nitrogen and oxygen atoms in total. The number of benzene rings is 2. The van der Waals surface area contributed by atoms with Gasteiger partial charge in [0.1, 0.15) is 0 Å². The number of hydrogen-bond donors (Lipinski definition) is 0. The molecular formula is C21H18Cl3N2O. The lowest BCUT2D eigenvalue weighted by Gasteiger charge is -2.34. The van der Waals surface area contributed by atoms with E-state index in [2.05, 4.69) is 9.88 Å². The van der Waals surface area contributed by atoms with Gasteiger partial charge in [0.15, 0.2) is 5.75 Å². The molecular weight excluding hydrogens is 403 g/mol. The average Bonchev–Trinajstić information content (AvgIpc) is 2.66. The summed E-state index contributed by atoms with van der Waals surface area (Å²) in [5.41, 5.74) is 2.86. The Morgan fingerprint density at radius 2 is 1.74 bits per heavy atom. The fraction of sp³-hybridized carbons (Fsp3) is 0.286. The van der Waals surface area contributed by atoms with Gasteiger partial charge in [-0.15, -0.1) is 0 Å². The Morgan fingerprint density at radius 3 is 2.44 bits per heavy atom. The van der Waals surface area contributed by atoms with Gasteiger partial charge >= 0.3 is 0 Å². The van der Waals surface area contributed by atoms with E-state index in [-0.39, 0.29) is 5.75 Å². The van der Waals surface area contributed by atoms with Crippen LogP contribution in [0.3, 0.4) is 0 Å². The van der Waals surface area contributed by atoms with Crippen molar-refractivity contribution in [1.29, 1.82) is 0 Å². The predicted molar refractivity (Wildman–Crippen MR) is 112 cm³/mol. The number of aromatic nitrogens is 1. The predicted octanol–water partition coefficient (Wildman–Crippen LogP) is 6.80. The van der Waals surface area contributed by atoms with Gasteiger partial charge in [-0.25, -0.2) is 0 Å². The van der Waals surface area contributed by atoms with Crippen molar-refractivity contribution >= 4 is 51.4 Å². The first-order chi connectivity index (χ1) is 13.0. The van der Waals surface area contributed by atoms with Gasteiger partial charge in [0, 0.05) is 19.3 Å². The van der Waals surface area contributed by atoms with Crippen LogP contribution < -0.4 is 4.90 Å². The van der Waals surface area contributed by atoms with Crippen molar-refractivity contribution in [3.63, 3.8) is 0 Å². The van der Waals surface area contributed by atoms with Crippen molar-refractivity contribution in [2.75, 3.05) is 18.0 Å². The van der Waals surface area contributed by atoms with Crippen LogP contribution in [-0.4, -0.2) is 18.1 Å². The second-order valence-corrected chi connectivity index (χ2v) is 8.18. The molecule has 0 bridgehead atoms. The number of pyridine rings is 1. The van der Waals surface area contributed by atoms with Crippen LogP contribution in [-0.2, 0) is 11.5 Å². The Labute approximate surface area is 173 Å². The highest BCUT2D eigenvalue weighted by Crippen LogP contribution is 2.36. The first-order valence-electron chi connectivity index (χ1n) is 8.96. The molecule has 1 aliphatic rings. The van der Waals surface area contributed by atoms with Crippen LogP contribution in [0.2, 0.25) is 15.1 Å². The van der Waals surface area contributed by atoms with Gasteiger partial charge in [-0.05, 0) is 61.1 Å². The monoisotopic (exact) mass is 419 g/mol. The van der Waals surface area contributed by atoms with E-state index in [1.807, 2.05) is 24.3 Å². The van der Waals surface area contributed by atoms with Crippen molar-refractivity contribution < 1.29 is 5.11 Å². The standard InChI is InChI=1S/C21H18Cl3N2O/c22-15-11-14(12-16(23)21(15)24)10-13-5-8-26(9-6-13)18-4-7-25-17-2-1-3-19(27)20(17)18/h1-4,7,11-13H,5-6,8-10H2. The third-order valence-electron chi connectivity index (χ3n) is 5.23. The van der Waals surface area contributed by atoms with Crippen molar-refractivity contribution in [2.45, 2.75) is 19.3 Å². The lowest BCUT2D eigenvalue weighted by molar-refractivity contribution is 0.360. The number of halogens is 3. The van der Waals surface area contributed by atoms with Gasteiger partial charge in [0.2, 0.25) is 0 Å². The molecule has 139 valence electrons. The Kier molecular flexibility index (Phi) is 5.36. The van der Waals surface area contributed by atoms with Crippen LogP contribution in [0.5, 0.6) is 5.75 Å². The zero-order valence-corrected chi connectivity index (χ0v) is 16.9. The highest BCUT2D eigenvalue weighted by molar-refractivity contribution is 6.48.